The van der Waals surface area contributed by atoms with E-state index in [1.807, 2.05) is 0 Å². The monoisotopic (exact) mass is 287 g/mol. The van der Waals surface area contributed by atoms with Crippen LogP contribution in [-0.2, 0) is 6.42 Å². The van der Waals surface area contributed by atoms with Crippen LogP contribution in [0.15, 0.2) is 18.2 Å². The van der Waals surface area contributed by atoms with Gasteiger partial charge in [-0.15, -0.1) is 0 Å². The molecular formula is C20H33N. The van der Waals surface area contributed by atoms with Crippen molar-refractivity contribution in [3.8, 4) is 0 Å². The number of benzene rings is 1. The van der Waals surface area contributed by atoms with Crippen molar-refractivity contribution in [3.63, 3.8) is 0 Å². The van der Waals surface area contributed by atoms with E-state index in [-0.39, 0.29) is 0 Å². The van der Waals surface area contributed by atoms with E-state index in [0.717, 1.165) is 12.5 Å². The van der Waals surface area contributed by atoms with Crippen LogP contribution in [0.1, 0.15) is 63.1 Å². The average Bonchev–Trinajstić information content (AvgIpc) is 2.36. The first-order chi connectivity index (χ1) is 9.92. The molecule has 21 heavy (non-hydrogen) atoms. The summed E-state index contributed by atoms with van der Waals surface area (Å²) in [5.41, 5.74) is 4.76. The Morgan fingerprint density at radius 2 is 1.81 bits per heavy atom. The molecule has 1 aliphatic rings. The van der Waals surface area contributed by atoms with Crippen LogP contribution in [0, 0.1) is 25.2 Å². The van der Waals surface area contributed by atoms with Gasteiger partial charge in [0, 0.05) is 6.04 Å². The van der Waals surface area contributed by atoms with Crippen LogP contribution in [-0.4, -0.2) is 12.6 Å². The van der Waals surface area contributed by atoms with Gasteiger partial charge < -0.3 is 5.32 Å². The summed E-state index contributed by atoms with van der Waals surface area (Å²) in [7, 11) is 0. The fraction of sp³-hybridized carbons (Fsp3) is 0.700. The zero-order valence-electron chi connectivity index (χ0n) is 14.6. The van der Waals surface area contributed by atoms with Gasteiger partial charge in [-0.3, -0.25) is 0 Å². The average molecular weight is 287 g/mol. The summed E-state index contributed by atoms with van der Waals surface area (Å²) < 4.78 is 0. The van der Waals surface area contributed by atoms with E-state index in [2.05, 4.69) is 58.1 Å². The normalized spacial score (nSPS) is 23.0. The highest BCUT2D eigenvalue weighted by Crippen LogP contribution is 2.43. The first kappa shape index (κ1) is 16.5. The number of rotatable bonds is 5. The topological polar surface area (TPSA) is 12.0 Å². The fourth-order valence-corrected chi connectivity index (χ4v) is 4.33. The van der Waals surface area contributed by atoms with Gasteiger partial charge in [0.2, 0.25) is 0 Å². The molecule has 0 radical (unpaired) electrons. The zero-order valence-corrected chi connectivity index (χ0v) is 14.6. The molecule has 0 bridgehead atoms. The predicted molar refractivity (Wildman–Crippen MR) is 92.8 cm³/mol. The molecule has 1 heteroatoms. The van der Waals surface area contributed by atoms with Crippen LogP contribution >= 0.6 is 0 Å². The summed E-state index contributed by atoms with van der Waals surface area (Å²) in [5, 5.41) is 3.80. The molecule has 2 atom stereocenters. The first-order valence-corrected chi connectivity index (χ1v) is 8.73. The summed E-state index contributed by atoms with van der Waals surface area (Å²) >= 11 is 0. The SMILES string of the molecule is CCNC(Cc1cc(C)cc(C)c1)C1CCCCC1(C)C. The second kappa shape index (κ2) is 6.96. The molecule has 1 saturated carbocycles. The molecule has 1 nitrogen and oxygen atoms in total. The number of nitrogens with one attached hydrogen (secondary N) is 1. The Kier molecular flexibility index (Phi) is 5.48. The van der Waals surface area contributed by atoms with Crippen LogP contribution in [0.4, 0.5) is 0 Å². The van der Waals surface area contributed by atoms with Gasteiger partial charge in [0.1, 0.15) is 0 Å². The van der Waals surface area contributed by atoms with E-state index in [1.54, 1.807) is 0 Å². The second-order valence-corrected chi connectivity index (χ2v) is 7.71. The van der Waals surface area contributed by atoms with Crippen LogP contribution in [0.2, 0.25) is 0 Å². The van der Waals surface area contributed by atoms with Crippen molar-refractivity contribution >= 4 is 0 Å². The molecule has 2 rings (SSSR count). The summed E-state index contributed by atoms with van der Waals surface area (Å²) in [6.45, 7) is 12.7. The molecule has 0 amide bonds. The maximum atomic E-state index is 3.80. The predicted octanol–water partition coefficient (Wildman–Crippen LogP) is 5.04. The maximum Gasteiger partial charge on any atom is 0.0141 e. The Bertz CT molecular complexity index is 441. The molecule has 1 N–H and O–H groups in total. The van der Waals surface area contributed by atoms with Crippen molar-refractivity contribution in [2.45, 2.75) is 72.8 Å². The summed E-state index contributed by atoms with van der Waals surface area (Å²) in [5.74, 6) is 0.798. The lowest BCUT2D eigenvalue weighted by atomic mass is 9.65. The molecule has 1 aromatic rings. The molecule has 1 aromatic carbocycles. The molecule has 0 aliphatic heterocycles. The van der Waals surface area contributed by atoms with Crippen LogP contribution in [0.5, 0.6) is 0 Å². The maximum absolute atomic E-state index is 3.80. The fourth-order valence-electron chi connectivity index (χ4n) is 4.33. The quantitative estimate of drug-likeness (QED) is 0.800. The standard InChI is InChI=1S/C20H33N/c1-6-21-19(18-9-7-8-10-20(18,4)5)14-17-12-15(2)11-16(3)13-17/h11-13,18-19,21H,6-10,14H2,1-5H3. The van der Waals surface area contributed by atoms with Gasteiger partial charge in [-0.25, -0.2) is 0 Å². The smallest absolute Gasteiger partial charge is 0.0141 e. The lowest BCUT2D eigenvalue weighted by Crippen LogP contribution is -2.46. The Hall–Kier alpha value is -0.820. The van der Waals surface area contributed by atoms with Crippen LogP contribution < -0.4 is 5.32 Å². The van der Waals surface area contributed by atoms with Gasteiger partial charge in [0.05, 0.1) is 0 Å². The zero-order chi connectivity index (χ0) is 15.5. The number of hydrogen-bond acceptors (Lipinski definition) is 1. The number of aryl methyl sites for hydroxylation is 2. The minimum absolute atomic E-state index is 0.476. The molecule has 0 saturated heterocycles. The Balaban J connectivity index is 2.18. The van der Waals surface area contributed by atoms with Crippen LogP contribution in [0.3, 0.4) is 0 Å². The Morgan fingerprint density at radius 1 is 1.14 bits per heavy atom. The molecule has 0 heterocycles. The molecule has 0 aromatic heterocycles. The van der Waals surface area contributed by atoms with Gasteiger partial charge in [-0.2, -0.15) is 0 Å². The largest absolute Gasteiger partial charge is 0.314 e. The van der Waals surface area contributed by atoms with E-state index >= 15 is 0 Å². The van der Waals surface area contributed by atoms with Gasteiger partial charge >= 0.3 is 0 Å². The highest BCUT2D eigenvalue weighted by atomic mass is 14.9. The van der Waals surface area contributed by atoms with Crippen molar-refractivity contribution in [1.82, 2.24) is 5.32 Å². The first-order valence-electron chi connectivity index (χ1n) is 8.73. The third-order valence-electron chi connectivity index (χ3n) is 5.28. The molecule has 118 valence electrons. The van der Waals surface area contributed by atoms with Crippen molar-refractivity contribution < 1.29 is 0 Å². The third-order valence-corrected chi connectivity index (χ3v) is 5.28. The molecule has 0 spiro atoms. The summed E-state index contributed by atoms with van der Waals surface area (Å²) in [4.78, 5) is 0. The minimum atomic E-state index is 0.476. The third kappa shape index (κ3) is 4.32. The summed E-state index contributed by atoms with van der Waals surface area (Å²) in [6.07, 6.45) is 6.75. The Labute approximate surface area is 131 Å². The second-order valence-electron chi connectivity index (χ2n) is 7.71. The highest BCUT2D eigenvalue weighted by molar-refractivity contribution is 5.29. The van der Waals surface area contributed by atoms with Crippen molar-refractivity contribution in [2.75, 3.05) is 6.54 Å². The molecule has 1 aliphatic carbocycles. The van der Waals surface area contributed by atoms with E-state index < -0.39 is 0 Å². The van der Waals surface area contributed by atoms with Crippen molar-refractivity contribution in [3.05, 3.63) is 34.9 Å². The minimum Gasteiger partial charge on any atom is -0.314 e. The highest BCUT2D eigenvalue weighted by Gasteiger charge is 2.37. The van der Waals surface area contributed by atoms with Crippen molar-refractivity contribution in [1.29, 1.82) is 0 Å². The molecular weight excluding hydrogens is 254 g/mol. The lowest BCUT2D eigenvalue weighted by Gasteiger charge is -2.43. The number of hydrogen-bond donors (Lipinski definition) is 1. The van der Waals surface area contributed by atoms with E-state index in [1.165, 1.54) is 48.8 Å². The number of likely N-dealkylation sites (N-methyl/N-ethyl adjacent to an activating group) is 1. The van der Waals surface area contributed by atoms with E-state index in [4.69, 9.17) is 0 Å². The van der Waals surface area contributed by atoms with Crippen LogP contribution in [0.25, 0.3) is 0 Å². The molecule has 1 fully saturated rings. The molecule has 2 unspecified atom stereocenters. The van der Waals surface area contributed by atoms with E-state index in [9.17, 15) is 0 Å². The van der Waals surface area contributed by atoms with Gasteiger partial charge in [-0.05, 0) is 56.6 Å². The van der Waals surface area contributed by atoms with Crippen molar-refractivity contribution in [2.24, 2.45) is 11.3 Å². The lowest BCUT2D eigenvalue weighted by molar-refractivity contribution is 0.0987. The van der Waals surface area contributed by atoms with Gasteiger partial charge in [-0.1, -0.05) is 62.9 Å². The van der Waals surface area contributed by atoms with Gasteiger partial charge in [0.15, 0.2) is 0 Å². The summed E-state index contributed by atoms with van der Waals surface area (Å²) in [6, 6.07) is 7.63. The van der Waals surface area contributed by atoms with Gasteiger partial charge in [0.25, 0.3) is 0 Å². The van der Waals surface area contributed by atoms with E-state index in [0.29, 0.717) is 11.5 Å². The Morgan fingerprint density at radius 3 is 2.38 bits per heavy atom.